The maximum Gasteiger partial charge on any atom is 0.485 e. The number of piperidine rings is 2. The quantitative estimate of drug-likeness (QED) is 0.145. The average molecular weight is 790 g/mol. The molecule has 4 rings (SSSR count). The van der Waals surface area contributed by atoms with Crippen molar-refractivity contribution in [3.05, 3.63) is 75.7 Å². The van der Waals surface area contributed by atoms with Crippen LogP contribution in [-0.4, -0.2) is 90.3 Å². The van der Waals surface area contributed by atoms with Crippen molar-refractivity contribution in [2.45, 2.75) is 105 Å². The summed E-state index contributed by atoms with van der Waals surface area (Å²) in [5.41, 5.74) is -1.72. The molecule has 2 aromatic rings. The predicted octanol–water partition coefficient (Wildman–Crippen LogP) is 9.61. The molecule has 16 heteroatoms. The molecule has 0 amide bonds. The lowest BCUT2D eigenvalue weighted by atomic mass is 9.79. The number of nitrogens with zero attached hydrogens (tertiary/aromatic N) is 4. The molecule has 0 radical (unpaired) electrons. The molecular weight excluding hydrogens is 729 g/mol. The first kappa shape index (κ1) is 50.5. The van der Waals surface area contributed by atoms with Crippen LogP contribution in [0.4, 0.5) is 8.78 Å². The minimum Gasteiger partial charge on any atom is -0.437 e. The minimum atomic E-state index is -1.53. The summed E-state index contributed by atoms with van der Waals surface area (Å²) >= 11 is 17.9. The molecule has 0 aromatic carbocycles. The first-order valence-corrected chi connectivity index (χ1v) is 18.5. The lowest BCUT2D eigenvalue weighted by Gasteiger charge is -2.36. The third kappa shape index (κ3) is 16.1. The third-order valence-corrected chi connectivity index (χ3v) is 9.53. The second kappa shape index (κ2) is 25.5. The number of unbranched alkanes of at least 4 members (excludes halogenated alkanes) is 2. The van der Waals surface area contributed by atoms with Gasteiger partial charge in [0.2, 0.25) is 0 Å². The largest absolute Gasteiger partial charge is 0.485 e. The van der Waals surface area contributed by atoms with Crippen LogP contribution in [0.25, 0.3) is 6.08 Å². The minimum absolute atomic E-state index is 0. The molecule has 0 spiro atoms. The Kier molecular flexibility index (Phi) is 24.8. The summed E-state index contributed by atoms with van der Waals surface area (Å²) in [6.07, 6.45) is 10.2. The van der Waals surface area contributed by atoms with Gasteiger partial charge in [-0.15, -0.1) is 6.58 Å². The Labute approximate surface area is 328 Å². The monoisotopic (exact) mass is 788 g/mol. The van der Waals surface area contributed by atoms with Crippen molar-refractivity contribution in [1.29, 1.82) is 0 Å². The van der Waals surface area contributed by atoms with E-state index in [-0.39, 0.29) is 58.4 Å². The zero-order valence-corrected chi connectivity index (χ0v) is 32.2. The molecule has 0 saturated carbocycles. The number of rotatable bonds is 14. The molecule has 0 unspecified atom stereocenters. The Hall–Kier alpha value is -1.54. The van der Waals surface area contributed by atoms with Crippen molar-refractivity contribution in [2.24, 2.45) is 0 Å². The number of hydrogen-bond donors (Lipinski definition) is 2. The van der Waals surface area contributed by atoms with Gasteiger partial charge in [0.15, 0.2) is 11.3 Å². The topological polar surface area (TPSA) is 91.2 Å². The van der Waals surface area contributed by atoms with E-state index in [1.807, 2.05) is 9.62 Å². The zero-order valence-electron chi connectivity index (χ0n) is 29.9. The van der Waals surface area contributed by atoms with Gasteiger partial charge in [0, 0.05) is 25.6 Å². The van der Waals surface area contributed by atoms with Crippen molar-refractivity contribution in [2.75, 3.05) is 39.4 Å². The summed E-state index contributed by atoms with van der Waals surface area (Å²) in [4.78, 5) is 11.8. The fourth-order valence-corrected chi connectivity index (χ4v) is 6.38. The highest BCUT2D eigenvalue weighted by molar-refractivity contribution is 6.50. The molecule has 2 aliphatic heterocycles. The van der Waals surface area contributed by atoms with E-state index in [0.29, 0.717) is 41.9 Å². The van der Waals surface area contributed by atoms with Gasteiger partial charge in [0.25, 0.3) is 0 Å². The van der Waals surface area contributed by atoms with Crippen molar-refractivity contribution < 1.29 is 28.1 Å². The van der Waals surface area contributed by atoms with E-state index in [1.165, 1.54) is 12.3 Å². The number of halogens is 5. The van der Waals surface area contributed by atoms with Crippen LogP contribution in [0.5, 0.6) is 0 Å². The average Bonchev–Trinajstić information content (AvgIpc) is 3.08. The second-order valence-electron chi connectivity index (χ2n) is 12.6. The molecule has 0 aliphatic carbocycles. The summed E-state index contributed by atoms with van der Waals surface area (Å²) in [7, 11) is -1.31. The SMILES string of the molecule is C.C.C=CB(OCCCC)OCCCC.C=Cc1cnc(C2(F)CCN(B(C)O)CC2)c(Cl)c1.CB(O)N1CCC(F)(c2ncc(Cl)cc2Cl)CC1. The van der Waals surface area contributed by atoms with Crippen LogP contribution in [0, 0.1) is 0 Å². The van der Waals surface area contributed by atoms with Crippen LogP contribution in [0.15, 0.2) is 43.7 Å². The molecule has 2 aromatic heterocycles. The van der Waals surface area contributed by atoms with E-state index in [1.54, 1.807) is 38.0 Å². The maximum atomic E-state index is 15.0. The smallest absolute Gasteiger partial charge is 0.437 e. The van der Waals surface area contributed by atoms with Crippen molar-refractivity contribution in [1.82, 2.24) is 19.6 Å². The Morgan fingerprint density at radius 2 is 1.19 bits per heavy atom. The Morgan fingerprint density at radius 1 is 0.788 bits per heavy atom. The van der Waals surface area contributed by atoms with Gasteiger partial charge >= 0.3 is 21.2 Å². The summed E-state index contributed by atoms with van der Waals surface area (Å²) in [5, 5.41) is 19.9. The normalized spacial score (nSPS) is 16.4. The zero-order chi connectivity index (χ0) is 37.3. The fourth-order valence-electron chi connectivity index (χ4n) is 5.49. The fraction of sp³-hybridized carbons (Fsp3) is 0.611. The van der Waals surface area contributed by atoms with Gasteiger partial charge in [-0.2, -0.15) is 0 Å². The van der Waals surface area contributed by atoms with Gasteiger partial charge < -0.3 is 29.0 Å². The summed E-state index contributed by atoms with van der Waals surface area (Å²) in [5.74, 6) is 1.71. The lowest BCUT2D eigenvalue weighted by Crippen LogP contribution is -2.47. The standard InChI is InChI=1S/C13H17BClFN2O.C11H14BCl2FN2O.C10H21BO2.2CH4/c1-3-10-8-11(15)12(17-9-10)13(16)4-6-18(7-5-13)14(2)19;1-12(18)17-4-2-11(15,3-5-17)10-9(14)6-8(13)7-16-10;1-4-7-9-12-11(6-3)13-10-8-5-2;;/h3,8-9,19H,1,4-7H2,2H3;6-7,18H,2-5H2,1H3;6H,3-5,7-10H2,1-2H3;2*1H4. The highest BCUT2D eigenvalue weighted by Crippen LogP contribution is 2.41. The van der Waals surface area contributed by atoms with Gasteiger partial charge in [-0.05, 0) is 96.0 Å². The first-order valence-electron chi connectivity index (χ1n) is 17.4. The molecule has 2 saturated heterocycles. The molecule has 52 heavy (non-hydrogen) atoms. The molecular formula is C36H60B3Cl3F2N4O4. The van der Waals surface area contributed by atoms with Crippen LogP contribution in [0.3, 0.4) is 0 Å². The Bertz CT molecular complexity index is 1310. The van der Waals surface area contributed by atoms with E-state index in [9.17, 15) is 18.8 Å². The number of aromatic nitrogens is 2. The van der Waals surface area contributed by atoms with Crippen molar-refractivity contribution in [3.8, 4) is 0 Å². The molecule has 2 fully saturated rings. The molecule has 0 bridgehead atoms. The van der Waals surface area contributed by atoms with Crippen LogP contribution in [0.2, 0.25) is 28.7 Å². The molecule has 292 valence electrons. The van der Waals surface area contributed by atoms with Crippen molar-refractivity contribution >= 4 is 62.1 Å². The summed E-state index contributed by atoms with van der Waals surface area (Å²) in [6, 6.07) is 3.19. The van der Waals surface area contributed by atoms with Crippen LogP contribution < -0.4 is 0 Å². The van der Waals surface area contributed by atoms with Crippen LogP contribution >= 0.6 is 34.8 Å². The first-order chi connectivity index (χ1) is 23.7. The maximum absolute atomic E-state index is 15.0. The lowest BCUT2D eigenvalue weighted by molar-refractivity contribution is 0.0763. The highest BCUT2D eigenvalue weighted by Gasteiger charge is 2.41. The number of hydrogen-bond acceptors (Lipinski definition) is 8. The van der Waals surface area contributed by atoms with Crippen LogP contribution in [0.1, 0.15) is 97.0 Å². The number of pyridine rings is 2. The summed E-state index contributed by atoms with van der Waals surface area (Å²) < 4.78 is 40.7. The van der Waals surface area contributed by atoms with Gasteiger partial charge in [0.05, 0.1) is 26.5 Å². The molecule has 8 nitrogen and oxygen atoms in total. The molecule has 2 N–H and O–H groups in total. The van der Waals surface area contributed by atoms with Crippen LogP contribution in [-0.2, 0) is 20.6 Å². The van der Waals surface area contributed by atoms with Gasteiger partial charge in [-0.3, -0.25) is 9.97 Å². The molecule has 4 heterocycles. The summed E-state index contributed by atoms with van der Waals surface area (Å²) in [6.45, 7) is 18.4. The number of alkyl halides is 2. The van der Waals surface area contributed by atoms with E-state index >= 15 is 0 Å². The third-order valence-electron chi connectivity index (χ3n) is 8.75. The Balaban J connectivity index is 0.000000751. The van der Waals surface area contributed by atoms with Gasteiger partial charge in [0.1, 0.15) is 0 Å². The van der Waals surface area contributed by atoms with Crippen molar-refractivity contribution in [3.63, 3.8) is 0 Å². The van der Waals surface area contributed by atoms with E-state index in [2.05, 4.69) is 37.0 Å². The van der Waals surface area contributed by atoms with Gasteiger partial charge in [-0.25, -0.2) is 8.78 Å². The van der Waals surface area contributed by atoms with E-state index in [4.69, 9.17) is 44.1 Å². The second-order valence-corrected chi connectivity index (χ2v) is 13.9. The van der Waals surface area contributed by atoms with E-state index in [0.717, 1.165) is 44.5 Å². The predicted molar refractivity (Wildman–Crippen MR) is 220 cm³/mol. The molecule has 0 atom stereocenters. The van der Waals surface area contributed by atoms with Gasteiger partial charge in [-0.1, -0.05) is 95.0 Å². The van der Waals surface area contributed by atoms with E-state index < -0.39 is 25.4 Å². The Morgan fingerprint density at radius 3 is 1.52 bits per heavy atom. The highest BCUT2D eigenvalue weighted by atomic mass is 35.5. The molecule has 2 aliphatic rings.